The van der Waals surface area contributed by atoms with Crippen LogP contribution in [0.2, 0.25) is 5.02 Å². The Morgan fingerprint density at radius 3 is 2.89 bits per heavy atom. The van der Waals surface area contributed by atoms with Gasteiger partial charge in [0.2, 0.25) is 5.91 Å². The van der Waals surface area contributed by atoms with Crippen LogP contribution in [-0.4, -0.2) is 43.7 Å². The topological polar surface area (TPSA) is 41.6 Å². The molecule has 0 saturated carbocycles. The summed E-state index contributed by atoms with van der Waals surface area (Å²) in [6.45, 7) is 5.43. The summed E-state index contributed by atoms with van der Waals surface area (Å²) in [7, 11) is 0. The minimum atomic E-state index is -0.0350. The van der Waals surface area contributed by atoms with Gasteiger partial charge < -0.3 is 10.1 Å². The Balaban J connectivity index is 1.84. The normalized spacial score (nSPS) is 18.0. The minimum Gasteiger partial charge on any atom is -0.379 e. The van der Waals surface area contributed by atoms with E-state index in [2.05, 4.69) is 10.2 Å². The van der Waals surface area contributed by atoms with Crippen LogP contribution >= 0.6 is 11.6 Å². The molecule has 1 atom stereocenters. The van der Waals surface area contributed by atoms with Crippen LogP contribution in [0.25, 0.3) is 0 Å². The molecule has 0 bridgehead atoms. The van der Waals surface area contributed by atoms with Gasteiger partial charge in [0.15, 0.2) is 0 Å². The minimum absolute atomic E-state index is 0.0350. The molecule has 1 aliphatic heterocycles. The number of ether oxygens (including phenoxy) is 1. The summed E-state index contributed by atoms with van der Waals surface area (Å²) in [5.74, 6) is 0.0365. The highest BCUT2D eigenvalue weighted by molar-refractivity contribution is 6.30. The number of nitrogens with one attached hydrogen (secondary N) is 1. The molecule has 0 unspecified atom stereocenters. The van der Waals surface area contributed by atoms with Crippen molar-refractivity contribution in [1.29, 1.82) is 0 Å². The molecule has 1 aromatic carbocycles. The summed E-state index contributed by atoms with van der Waals surface area (Å²) in [6, 6.07) is 7.52. The van der Waals surface area contributed by atoms with Crippen molar-refractivity contribution in [2.45, 2.75) is 13.0 Å². The third kappa shape index (κ3) is 4.49. The molecule has 1 N–H and O–H groups in total. The summed E-state index contributed by atoms with van der Waals surface area (Å²) in [6.07, 6.45) is 0. The number of hydrogen-bond acceptors (Lipinski definition) is 3. The Morgan fingerprint density at radius 1 is 1.47 bits per heavy atom. The number of carbonyl (C=O) groups is 1. The van der Waals surface area contributed by atoms with Crippen molar-refractivity contribution in [3.63, 3.8) is 0 Å². The third-order valence-electron chi connectivity index (χ3n) is 3.20. The Labute approximate surface area is 118 Å². The molecule has 5 heteroatoms. The standard InChI is InChI=1S/C14H19ClN2O2/c1-11(12-3-2-4-13(15)9-12)16-14(18)10-17-5-7-19-8-6-17/h2-4,9,11H,5-8,10H2,1H3,(H,16,18)/t11-/m1/s1. The first-order chi connectivity index (χ1) is 9.15. The van der Waals surface area contributed by atoms with E-state index < -0.39 is 0 Å². The highest BCUT2D eigenvalue weighted by Gasteiger charge is 2.16. The van der Waals surface area contributed by atoms with Crippen LogP contribution in [0.4, 0.5) is 0 Å². The molecule has 1 saturated heterocycles. The van der Waals surface area contributed by atoms with Crippen molar-refractivity contribution in [3.8, 4) is 0 Å². The van der Waals surface area contributed by atoms with Gasteiger partial charge in [-0.25, -0.2) is 0 Å². The fourth-order valence-corrected chi connectivity index (χ4v) is 2.31. The molecule has 0 spiro atoms. The van der Waals surface area contributed by atoms with Crippen LogP contribution in [0.1, 0.15) is 18.5 Å². The fourth-order valence-electron chi connectivity index (χ4n) is 2.11. The Bertz CT molecular complexity index is 433. The molecule has 0 aromatic heterocycles. The number of hydrogen-bond donors (Lipinski definition) is 1. The largest absolute Gasteiger partial charge is 0.379 e. The molecule has 0 radical (unpaired) electrons. The van der Waals surface area contributed by atoms with Crippen LogP contribution < -0.4 is 5.32 Å². The molecule has 19 heavy (non-hydrogen) atoms. The summed E-state index contributed by atoms with van der Waals surface area (Å²) in [4.78, 5) is 14.1. The van der Waals surface area contributed by atoms with Crippen molar-refractivity contribution < 1.29 is 9.53 Å². The van der Waals surface area contributed by atoms with Crippen molar-refractivity contribution in [3.05, 3.63) is 34.9 Å². The average molecular weight is 283 g/mol. The number of rotatable bonds is 4. The fraction of sp³-hybridized carbons (Fsp3) is 0.500. The van der Waals surface area contributed by atoms with Gasteiger partial charge in [-0.05, 0) is 24.6 Å². The quantitative estimate of drug-likeness (QED) is 0.916. The molecule has 1 heterocycles. The average Bonchev–Trinajstić information content (AvgIpc) is 2.39. The molecule has 104 valence electrons. The van der Waals surface area contributed by atoms with Crippen molar-refractivity contribution in [2.75, 3.05) is 32.8 Å². The highest BCUT2D eigenvalue weighted by atomic mass is 35.5. The van der Waals surface area contributed by atoms with E-state index in [9.17, 15) is 4.79 Å². The number of halogens is 1. The van der Waals surface area contributed by atoms with Crippen LogP contribution in [0, 0.1) is 0 Å². The Morgan fingerprint density at radius 2 is 2.21 bits per heavy atom. The van der Waals surface area contributed by atoms with Gasteiger partial charge in [0.25, 0.3) is 0 Å². The first-order valence-corrected chi connectivity index (χ1v) is 6.88. The van der Waals surface area contributed by atoms with Gasteiger partial charge in [0, 0.05) is 18.1 Å². The van der Waals surface area contributed by atoms with Crippen molar-refractivity contribution >= 4 is 17.5 Å². The zero-order chi connectivity index (χ0) is 13.7. The van der Waals surface area contributed by atoms with Gasteiger partial charge in [-0.1, -0.05) is 23.7 Å². The van der Waals surface area contributed by atoms with E-state index in [1.807, 2.05) is 31.2 Å². The van der Waals surface area contributed by atoms with E-state index in [0.717, 1.165) is 18.7 Å². The first kappa shape index (κ1) is 14.3. The molecule has 1 amide bonds. The van der Waals surface area contributed by atoms with E-state index in [4.69, 9.17) is 16.3 Å². The number of benzene rings is 1. The monoisotopic (exact) mass is 282 g/mol. The molecule has 1 aliphatic rings. The highest BCUT2D eigenvalue weighted by Crippen LogP contribution is 2.17. The first-order valence-electron chi connectivity index (χ1n) is 6.50. The summed E-state index contributed by atoms with van der Waals surface area (Å²) in [5.41, 5.74) is 1.02. The Kier molecular flexibility index (Phi) is 5.19. The summed E-state index contributed by atoms with van der Waals surface area (Å²) >= 11 is 5.95. The van der Waals surface area contributed by atoms with Gasteiger partial charge >= 0.3 is 0 Å². The summed E-state index contributed by atoms with van der Waals surface area (Å²) < 4.78 is 5.26. The summed E-state index contributed by atoms with van der Waals surface area (Å²) in [5, 5.41) is 3.68. The van der Waals surface area contributed by atoms with E-state index in [1.165, 1.54) is 0 Å². The predicted molar refractivity (Wildman–Crippen MR) is 75.3 cm³/mol. The van der Waals surface area contributed by atoms with Crippen LogP contribution in [0.5, 0.6) is 0 Å². The SMILES string of the molecule is C[C@@H](NC(=O)CN1CCOCC1)c1cccc(Cl)c1. The third-order valence-corrected chi connectivity index (χ3v) is 3.43. The molecular formula is C14H19ClN2O2. The van der Waals surface area contributed by atoms with Crippen molar-refractivity contribution in [1.82, 2.24) is 10.2 Å². The molecular weight excluding hydrogens is 264 g/mol. The second-order valence-corrected chi connectivity index (χ2v) is 5.17. The van der Waals surface area contributed by atoms with Crippen molar-refractivity contribution in [2.24, 2.45) is 0 Å². The van der Waals surface area contributed by atoms with Crippen LogP contribution in [0.15, 0.2) is 24.3 Å². The van der Waals surface area contributed by atoms with Gasteiger partial charge in [0.05, 0.1) is 25.8 Å². The van der Waals surface area contributed by atoms with Crippen LogP contribution in [0.3, 0.4) is 0 Å². The maximum atomic E-state index is 12.0. The molecule has 4 nitrogen and oxygen atoms in total. The number of morpholine rings is 1. The molecule has 2 rings (SSSR count). The van der Waals surface area contributed by atoms with E-state index in [0.29, 0.717) is 24.8 Å². The van der Waals surface area contributed by atoms with Gasteiger partial charge in [0.1, 0.15) is 0 Å². The number of carbonyl (C=O) groups excluding carboxylic acids is 1. The Hall–Kier alpha value is -1.10. The lowest BCUT2D eigenvalue weighted by Gasteiger charge is -2.26. The molecule has 1 fully saturated rings. The van der Waals surface area contributed by atoms with Gasteiger partial charge in [-0.3, -0.25) is 9.69 Å². The number of nitrogens with zero attached hydrogens (tertiary/aromatic N) is 1. The maximum Gasteiger partial charge on any atom is 0.234 e. The molecule has 0 aliphatic carbocycles. The van der Waals surface area contributed by atoms with Gasteiger partial charge in [-0.2, -0.15) is 0 Å². The van der Waals surface area contributed by atoms with Gasteiger partial charge in [-0.15, -0.1) is 0 Å². The maximum absolute atomic E-state index is 12.0. The predicted octanol–water partition coefficient (Wildman–Crippen LogP) is 1.85. The zero-order valence-electron chi connectivity index (χ0n) is 11.1. The van der Waals surface area contributed by atoms with E-state index in [-0.39, 0.29) is 11.9 Å². The lowest BCUT2D eigenvalue weighted by molar-refractivity contribution is -0.123. The smallest absolute Gasteiger partial charge is 0.234 e. The second-order valence-electron chi connectivity index (χ2n) is 4.73. The lowest BCUT2D eigenvalue weighted by Crippen LogP contribution is -2.43. The zero-order valence-corrected chi connectivity index (χ0v) is 11.8. The molecule has 1 aromatic rings. The lowest BCUT2D eigenvalue weighted by atomic mass is 10.1. The number of amides is 1. The van der Waals surface area contributed by atoms with E-state index >= 15 is 0 Å². The van der Waals surface area contributed by atoms with Crippen LogP contribution in [-0.2, 0) is 9.53 Å². The second kappa shape index (κ2) is 6.89. The van der Waals surface area contributed by atoms with E-state index in [1.54, 1.807) is 0 Å².